The number of hydrogen-bond donors (Lipinski definition) is 3. The SMILES string of the molecule is CN1CCN(c2nc(C=Cc3cccc(Cl)c3)nc(Nc3ccc(NC(=O)Nc4ccc(F)cc4)cc3)n2)CC1. The molecule has 1 aliphatic heterocycles. The van der Waals surface area contributed by atoms with Crippen molar-refractivity contribution in [3.05, 3.63) is 95.0 Å². The fourth-order valence-electron chi connectivity index (χ4n) is 4.03. The first-order valence-electron chi connectivity index (χ1n) is 12.7. The van der Waals surface area contributed by atoms with E-state index < -0.39 is 6.03 Å². The number of hydrogen-bond acceptors (Lipinski definition) is 7. The average molecular weight is 559 g/mol. The van der Waals surface area contributed by atoms with E-state index in [1.165, 1.54) is 24.3 Å². The summed E-state index contributed by atoms with van der Waals surface area (Å²) in [5.74, 6) is 1.16. The zero-order chi connectivity index (χ0) is 27.9. The van der Waals surface area contributed by atoms with Crippen LogP contribution in [-0.2, 0) is 0 Å². The Morgan fingerprint density at radius 1 is 0.850 bits per heavy atom. The molecule has 0 saturated carbocycles. The highest BCUT2D eigenvalue weighted by Gasteiger charge is 2.18. The van der Waals surface area contributed by atoms with Gasteiger partial charge in [-0.15, -0.1) is 0 Å². The second-order valence-electron chi connectivity index (χ2n) is 9.28. The second kappa shape index (κ2) is 12.5. The lowest BCUT2D eigenvalue weighted by atomic mass is 10.2. The molecule has 0 spiro atoms. The summed E-state index contributed by atoms with van der Waals surface area (Å²) >= 11 is 6.13. The molecule has 5 rings (SSSR count). The van der Waals surface area contributed by atoms with Gasteiger partial charge in [0.15, 0.2) is 5.82 Å². The van der Waals surface area contributed by atoms with Crippen molar-refractivity contribution in [3.63, 3.8) is 0 Å². The number of benzene rings is 3. The van der Waals surface area contributed by atoms with E-state index in [1.807, 2.05) is 48.6 Å². The van der Waals surface area contributed by atoms with Crippen LogP contribution in [0.25, 0.3) is 12.2 Å². The molecular weight excluding hydrogens is 531 g/mol. The van der Waals surface area contributed by atoms with Gasteiger partial charge in [0, 0.05) is 48.3 Å². The molecule has 0 aliphatic carbocycles. The molecule has 0 unspecified atom stereocenters. The molecule has 3 aromatic carbocycles. The fraction of sp³-hybridized carbons (Fsp3) is 0.172. The third-order valence-electron chi connectivity index (χ3n) is 6.20. The molecule has 4 aromatic rings. The Labute approximate surface area is 236 Å². The van der Waals surface area contributed by atoms with Crippen LogP contribution in [0.4, 0.5) is 38.1 Å². The number of nitrogens with zero attached hydrogens (tertiary/aromatic N) is 5. The van der Waals surface area contributed by atoms with Gasteiger partial charge >= 0.3 is 6.03 Å². The zero-order valence-corrected chi connectivity index (χ0v) is 22.6. The first kappa shape index (κ1) is 27.0. The fourth-order valence-corrected chi connectivity index (χ4v) is 4.23. The van der Waals surface area contributed by atoms with Crippen molar-refractivity contribution >= 4 is 58.7 Å². The van der Waals surface area contributed by atoms with Crippen LogP contribution in [0.3, 0.4) is 0 Å². The summed E-state index contributed by atoms with van der Waals surface area (Å²) in [6, 6.07) is 19.8. The van der Waals surface area contributed by atoms with Crippen LogP contribution < -0.4 is 20.9 Å². The molecule has 0 atom stereocenters. The van der Waals surface area contributed by atoms with Crippen LogP contribution >= 0.6 is 11.6 Å². The van der Waals surface area contributed by atoms with Gasteiger partial charge in [-0.2, -0.15) is 15.0 Å². The molecular formula is C29H28ClFN8O. The molecule has 11 heteroatoms. The largest absolute Gasteiger partial charge is 0.338 e. The monoisotopic (exact) mass is 558 g/mol. The van der Waals surface area contributed by atoms with Crippen molar-refractivity contribution in [2.45, 2.75) is 0 Å². The summed E-state index contributed by atoms with van der Waals surface area (Å²) in [6.07, 6.45) is 3.75. The first-order valence-corrected chi connectivity index (χ1v) is 13.1. The molecule has 0 radical (unpaired) electrons. The number of urea groups is 1. The molecule has 40 heavy (non-hydrogen) atoms. The lowest BCUT2D eigenvalue weighted by molar-refractivity contribution is 0.262. The Morgan fingerprint density at radius 2 is 1.50 bits per heavy atom. The average Bonchev–Trinajstić information content (AvgIpc) is 2.95. The standard InChI is InChI=1S/C29H28ClFN8O/c1-38-15-17-39(18-16-38)28-36-26(14-5-20-3-2-4-21(30)19-20)35-27(37-28)32-23-10-12-25(13-11-23)34-29(40)33-24-8-6-22(31)7-9-24/h2-14,19H,15-18H2,1H3,(H2,33,34,40)(H,32,35,36,37). The Hall–Kier alpha value is -4.54. The minimum absolute atomic E-state index is 0.368. The molecule has 1 saturated heterocycles. The van der Waals surface area contributed by atoms with Gasteiger partial charge in [0.1, 0.15) is 5.82 Å². The topological polar surface area (TPSA) is 98.3 Å². The Balaban J connectivity index is 1.30. The predicted molar refractivity (Wildman–Crippen MR) is 159 cm³/mol. The van der Waals surface area contributed by atoms with Crippen molar-refractivity contribution in [1.82, 2.24) is 19.9 Å². The van der Waals surface area contributed by atoms with Gasteiger partial charge in [0.05, 0.1) is 0 Å². The van der Waals surface area contributed by atoms with Crippen LogP contribution in [0.5, 0.6) is 0 Å². The van der Waals surface area contributed by atoms with Crippen molar-refractivity contribution in [2.24, 2.45) is 0 Å². The zero-order valence-electron chi connectivity index (χ0n) is 21.8. The highest BCUT2D eigenvalue weighted by molar-refractivity contribution is 6.30. The molecule has 0 bridgehead atoms. The number of aromatic nitrogens is 3. The number of piperazine rings is 1. The number of anilines is 5. The lowest BCUT2D eigenvalue weighted by Gasteiger charge is -2.32. The van der Waals surface area contributed by atoms with Crippen molar-refractivity contribution in [2.75, 3.05) is 54.1 Å². The molecule has 1 aromatic heterocycles. The Bertz CT molecular complexity index is 1490. The summed E-state index contributed by atoms with van der Waals surface area (Å²) in [5.41, 5.74) is 2.76. The quantitative estimate of drug-likeness (QED) is 0.257. The predicted octanol–water partition coefficient (Wildman–Crippen LogP) is 5.97. The van der Waals surface area contributed by atoms with Crippen molar-refractivity contribution in [1.29, 1.82) is 0 Å². The van der Waals surface area contributed by atoms with Gasteiger partial charge in [-0.05, 0) is 79.4 Å². The number of likely N-dealkylation sites (N-methyl/N-ethyl adjacent to an activating group) is 1. The van der Waals surface area contributed by atoms with E-state index in [0.717, 1.165) is 37.4 Å². The van der Waals surface area contributed by atoms with E-state index in [4.69, 9.17) is 16.6 Å². The summed E-state index contributed by atoms with van der Waals surface area (Å²) < 4.78 is 13.1. The number of amides is 2. The molecule has 1 aliphatic rings. The van der Waals surface area contributed by atoms with Crippen LogP contribution in [0.15, 0.2) is 72.8 Å². The highest BCUT2D eigenvalue weighted by atomic mass is 35.5. The maximum absolute atomic E-state index is 13.1. The number of halogens is 2. The van der Waals surface area contributed by atoms with E-state index in [2.05, 4.69) is 42.8 Å². The summed E-state index contributed by atoms with van der Waals surface area (Å²) in [7, 11) is 2.10. The van der Waals surface area contributed by atoms with Crippen molar-refractivity contribution < 1.29 is 9.18 Å². The lowest BCUT2D eigenvalue weighted by Crippen LogP contribution is -2.45. The Kier molecular flexibility index (Phi) is 8.48. The van der Waals surface area contributed by atoms with Crippen LogP contribution in [0, 0.1) is 5.82 Å². The molecule has 3 N–H and O–H groups in total. The van der Waals surface area contributed by atoms with E-state index in [1.54, 1.807) is 12.1 Å². The third-order valence-corrected chi connectivity index (χ3v) is 6.44. The van der Waals surface area contributed by atoms with E-state index in [0.29, 0.717) is 34.1 Å². The minimum atomic E-state index is -0.433. The van der Waals surface area contributed by atoms with E-state index in [-0.39, 0.29) is 5.82 Å². The van der Waals surface area contributed by atoms with Gasteiger partial charge in [0.25, 0.3) is 0 Å². The molecule has 204 valence electrons. The smallest absolute Gasteiger partial charge is 0.323 e. The summed E-state index contributed by atoms with van der Waals surface area (Å²) in [6.45, 7) is 3.48. The van der Waals surface area contributed by atoms with E-state index in [9.17, 15) is 9.18 Å². The van der Waals surface area contributed by atoms with Gasteiger partial charge < -0.3 is 25.8 Å². The molecule has 2 amide bonds. The summed E-state index contributed by atoms with van der Waals surface area (Å²) in [4.78, 5) is 30.7. The number of carbonyl (C=O) groups excluding carboxylic acids is 1. The van der Waals surface area contributed by atoms with Gasteiger partial charge in [0.2, 0.25) is 11.9 Å². The first-order chi connectivity index (χ1) is 19.4. The van der Waals surface area contributed by atoms with Crippen LogP contribution in [0.2, 0.25) is 5.02 Å². The maximum atomic E-state index is 13.1. The molecule has 1 fully saturated rings. The summed E-state index contributed by atoms with van der Waals surface area (Å²) in [5, 5.41) is 9.32. The molecule has 2 heterocycles. The van der Waals surface area contributed by atoms with Gasteiger partial charge in [-0.3, -0.25) is 0 Å². The maximum Gasteiger partial charge on any atom is 0.323 e. The third kappa shape index (κ3) is 7.52. The van der Waals surface area contributed by atoms with E-state index >= 15 is 0 Å². The Morgan fingerprint density at radius 3 is 2.17 bits per heavy atom. The second-order valence-corrected chi connectivity index (χ2v) is 9.72. The molecule has 9 nitrogen and oxygen atoms in total. The number of carbonyl (C=O) groups is 1. The normalized spacial score (nSPS) is 13.8. The highest BCUT2D eigenvalue weighted by Crippen LogP contribution is 2.21. The van der Waals surface area contributed by atoms with Crippen LogP contribution in [-0.4, -0.2) is 59.1 Å². The van der Waals surface area contributed by atoms with Gasteiger partial charge in [-0.25, -0.2) is 9.18 Å². The van der Waals surface area contributed by atoms with Crippen LogP contribution in [0.1, 0.15) is 11.4 Å². The minimum Gasteiger partial charge on any atom is -0.338 e. The number of rotatable bonds is 7. The number of nitrogens with one attached hydrogen (secondary N) is 3. The van der Waals surface area contributed by atoms with Crippen molar-refractivity contribution in [3.8, 4) is 0 Å². The van der Waals surface area contributed by atoms with Gasteiger partial charge in [-0.1, -0.05) is 29.8 Å².